The molecule has 25 heavy (non-hydrogen) atoms. The summed E-state index contributed by atoms with van der Waals surface area (Å²) in [6, 6.07) is 0. The van der Waals surface area contributed by atoms with Gasteiger partial charge in [-0.15, -0.1) is 0 Å². The first-order chi connectivity index (χ1) is 11.8. The first kappa shape index (κ1) is 23.1. The van der Waals surface area contributed by atoms with E-state index in [0.29, 0.717) is 20.4 Å². The van der Waals surface area contributed by atoms with Crippen LogP contribution in [0.4, 0.5) is 0 Å². The Morgan fingerprint density at radius 1 is 0.760 bits per heavy atom. The number of halogens is 3. The molecule has 0 aromatic heterocycles. The van der Waals surface area contributed by atoms with Crippen molar-refractivity contribution in [2.24, 2.45) is 0 Å². The van der Waals surface area contributed by atoms with Crippen LogP contribution < -0.4 is 4.74 Å². The van der Waals surface area contributed by atoms with Gasteiger partial charge in [0.1, 0.15) is 12.4 Å². The number of carbonyl (C=O) groups is 2. The monoisotopic (exact) mass is 692 g/mol. The number of ether oxygens (including phenoxy) is 3. The lowest BCUT2D eigenvalue weighted by Crippen LogP contribution is -2.17. The summed E-state index contributed by atoms with van der Waals surface area (Å²) in [4.78, 5) is 22.9. The van der Waals surface area contributed by atoms with E-state index in [4.69, 9.17) is 19.3 Å². The molecule has 1 aromatic carbocycles. The van der Waals surface area contributed by atoms with Crippen molar-refractivity contribution in [2.45, 2.75) is 0 Å². The Morgan fingerprint density at radius 2 is 1.20 bits per heavy atom. The average molecular weight is 692 g/mol. The van der Waals surface area contributed by atoms with Crippen LogP contribution in [0.3, 0.4) is 0 Å². The summed E-state index contributed by atoms with van der Waals surface area (Å²) in [6.45, 7) is 1.21. The van der Waals surface area contributed by atoms with Crippen LogP contribution in [0.2, 0.25) is 0 Å². The molecule has 0 radical (unpaired) electrons. The Kier molecular flexibility index (Phi) is 10.8. The Hall–Kier alpha value is 0.0300. The number of aliphatic hydroxyl groups excluding tert-OH is 1. The van der Waals surface area contributed by atoms with Gasteiger partial charge in [-0.2, -0.15) is 0 Å². The maximum atomic E-state index is 11.5. The molecule has 0 atom stereocenters. The zero-order valence-corrected chi connectivity index (χ0v) is 19.2. The highest BCUT2D eigenvalue weighted by Crippen LogP contribution is 2.37. The molecule has 0 saturated heterocycles. The topological polar surface area (TPSA) is 123 Å². The maximum absolute atomic E-state index is 11.5. The van der Waals surface area contributed by atoms with Crippen molar-refractivity contribution in [3.8, 4) is 5.75 Å². The molecule has 1 aromatic rings. The van der Waals surface area contributed by atoms with Crippen molar-refractivity contribution in [3.63, 3.8) is 0 Å². The lowest BCUT2D eigenvalue weighted by molar-refractivity contribution is 0.0245. The van der Waals surface area contributed by atoms with Crippen molar-refractivity contribution < 1.29 is 39.1 Å². The van der Waals surface area contributed by atoms with Gasteiger partial charge in [-0.05, 0) is 67.8 Å². The fourth-order valence-corrected chi connectivity index (χ4v) is 6.13. The minimum absolute atomic E-state index is 0.0510. The van der Waals surface area contributed by atoms with Crippen LogP contribution in [-0.4, -0.2) is 66.9 Å². The second-order valence-electron chi connectivity index (χ2n) is 4.43. The molecule has 0 aliphatic rings. The smallest absolute Gasteiger partial charge is 0.338 e. The highest BCUT2D eigenvalue weighted by molar-refractivity contribution is 14.1. The first-order valence-corrected chi connectivity index (χ1v) is 10.1. The first-order valence-electron chi connectivity index (χ1n) is 6.89. The molecule has 8 nitrogen and oxygen atoms in total. The van der Waals surface area contributed by atoms with Crippen molar-refractivity contribution in [3.05, 3.63) is 21.8 Å². The number of carboxylic acid groups (broad SMARTS) is 2. The molecule has 0 bridgehead atoms. The summed E-state index contributed by atoms with van der Waals surface area (Å²) in [7, 11) is 0. The van der Waals surface area contributed by atoms with E-state index in [9.17, 15) is 19.8 Å². The Labute approximate surface area is 184 Å². The van der Waals surface area contributed by atoms with Crippen molar-refractivity contribution in [2.75, 3.05) is 39.6 Å². The van der Waals surface area contributed by atoms with Gasteiger partial charge in [0.2, 0.25) is 0 Å². The molecule has 0 spiro atoms. The van der Waals surface area contributed by atoms with Gasteiger partial charge in [-0.25, -0.2) is 9.59 Å². The summed E-state index contributed by atoms with van der Waals surface area (Å²) < 4.78 is 16.8. The summed E-state index contributed by atoms with van der Waals surface area (Å²) in [5, 5.41) is 27.3. The number of hydrogen-bond donors (Lipinski definition) is 3. The van der Waals surface area contributed by atoms with Crippen LogP contribution in [-0.2, 0) is 9.47 Å². The van der Waals surface area contributed by atoms with E-state index in [1.165, 1.54) is 0 Å². The highest BCUT2D eigenvalue weighted by Gasteiger charge is 2.28. The van der Waals surface area contributed by atoms with Crippen LogP contribution in [0.15, 0.2) is 0 Å². The van der Waals surface area contributed by atoms with E-state index >= 15 is 0 Å². The molecule has 3 N–H and O–H groups in total. The Morgan fingerprint density at radius 3 is 1.64 bits per heavy atom. The molecule has 11 heteroatoms. The molecular weight excluding hydrogens is 677 g/mol. The van der Waals surface area contributed by atoms with Crippen LogP contribution in [0, 0.1) is 10.7 Å². The fourth-order valence-electron chi connectivity index (χ4n) is 1.73. The SMILES string of the molecule is O=C(O)c1c(I)c(OCCOCCOCCO)c(I)c(C(=O)O)c1I. The minimum atomic E-state index is -1.21. The summed E-state index contributed by atoms with van der Waals surface area (Å²) in [6.07, 6.45) is 0. The number of rotatable bonds is 11. The summed E-state index contributed by atoms with van der Waals surface area (Å²) in [5.41, 5.74) is -0.181. The molecule has 0 amide bonds. The third-order valence-corrected chi connectivity index (χ3v) is 5.92. The van der Waals surface area contributed by atoms with Crippen molar-refractivity contribution in [1.29, 1.82) is 0 Å². The molecule has 1 rings (SSSR count). The van der Waals surface area contributed by atoms with Gasteiger partial charge in [-0.3, -0.25) is 0 Å². The zero-order valence-electron chi connectivity index (χ0n) is 12.8. The summed E-state index contributed by atoms with van der Waals surface area (Å²) >= 11 is 5.40. The third kappa shape index (κ3) is 6.60. The number of hydrogen-bond acceptors (Lipinski definition) is 6. The highest BCUT2D eigenvalue weighted by atomic mass is 127. The number of benzene rings is 1. The van der Waals surface area contributed by atoms with E-state index in [1.54, 1.807) is 22.6 Å². The van der Waals surface area contributed by atoms with Gasteiger partial charge in [0.25, 0.3) is 0 Å². The van der Waals surface area contributed by atoms with E-state index < -0.39 is 11.9 Å². The standard InChI is InChI=1S/C14H15I3O8/c15-9-7(13(19)20)10(16)12(11(17)8(9)14(21)22)25-6-5-24-4-3-23-2-1-18/h18H,1-6H2,(H,19,20)(H,21,22). The lowest BCUT2D eigenvalue weighted by Gasteiger charge is -2.16. The third-order valence-electron chi connectivity index (χ3n) is 2.79. The van der Waals surface area contributed by atoms with Gasteiger partial charge in [0, 0.05) is 3.57 Å². The maximum Gasteiger partial charge on any atom is 0.338 e. The van der Waals surface area contributed by atoms with Gasteiger partial charge in [-0.1, -0.05) is 0 Å². The normalized spacial score (nSPS) is 10.7. The molecule has 140 valence electrons. The molecule has 0 unspecified atom stereocenters. The Balaban J connectivity index is 2.82. The van der Waals surface area contributed by atoms with Crippen molar-refractivity contribution >= 4 is 79.7 Å². The molecule has 0 saturated carbocycles. The van der Waals surface area contributed by atoms with Crippen LogP contribution in [0.1, 0.15) is 20.7 Å². The quantitative estimate of drug-likeness (QED) is 0.239. The molecule has 0 fully saturated rings. The second kappa shape index (κ2) is 11.7. The van der Waals surface area contributed by atoms with Gasteiger partial charge < -0.3 is 29.5 Å². The van der Waals surface area contributed by atoms with Gasteiger partial charge >= 0.3 is 11.9 Å². The molecule has 0 aliphatic carbocycles. The van der Waals surface area contributed by atoms with Gasteiger partial charge in [0.05, 0.1) is 51.3 Å². The van der Waals surface area contributed by atoms with E-state index in [1.807, 2.05) is 45.2 Å². The number of aliphatic hydroxyl groups is 1. The number of aromatic carboxylic acids is 2. The van der Waals surface area contributed by atoms with Crippen LogP contribution in [0.25, 0.3) is 0 Å². The van der Waals surface area contributed by atoms with Crippen LogP contribution >= 0.6 is 67.8 Å². The number of carboxylic acids is 2. The van der Waals surface area contributed by atoms with E-state index in [2.05, 4.69) is 0 Å². The predicted octanol–water partition coefficient (Wildman–Crippen LogP) is 2.30. The largest absolute Gasteiger partial charge is 0.489 e. The molecular formula is C14H15I3O8. The fraction of sp³-hybridized carbons (Fsp3) is 0.429. The predicted molar refractivity (Wildman–Crippen MR) is 113 cm³/mol. The Bertz CT molecular complexity index is 594. The molecule has 0 aliphatic heterocycles. The lowest BCUT2D eigenvalue weighted by atomic mass is 10.1. The zero-order chi connectivity index (χ0) is 19.0. The second-order valence-corrected chi connectivity index (χ2v) is 7.66. The van der Waals surface area contributed by atoms with E-state index in [-0.39, 0.29) is 46.9 Å². The average Bonchev–Trinajstić information content (AvgIpc) is 2.51. The summed E-state index contributed by atoms with van der Waals surface area (Å²) in [5.74, 6) is -2.21. The van der Waals surface area contributed by atoms with E-state index in [0.717, 1.165) is 0 Å². The molecule has 0 heterocycles. The van der Waals surface area contributed by atoms with Crippen molar-refractivity contribution in [1.82, 2.24) is 0 Å². The van der Waals surface area contributed by atoms with Crippen LogP contribution in [0.5, 0.6) is 5.75 Å². The van der Waals surface area contributed by atoms with Gasteiger partial charge in [0.15, 0.2) is 0 Å². The minimum Gasteiger partial charge on any atom is -0.489 e.